The van der Waals surface area contributed by atoms with Gasteiger partial charge < -0.3 is 24.5 Å². The number of aliphatic hydroxyl groups is 1. The van der Waals surface area contributed by atoms with Crippen LogP contribution in [0.3, 0.4) is 0 Å². The minimum Gasteiger partial charge on any atom is -0.490 e. The van der Waals surface area contributed by atoms with Crippen LogP contribution >= 0.6 is 0 Å². The zero-order chi connectivity index (χ0) is 18.6. The van der Waals surface area contributed by atoms with Gasteiger partial charge in [-0.05, 0) is 6.07 Å². The number of rotatable bonds is 6. The molecule has 1 aliphatic heterocycles. The lowest BCUT2D eigenvalue weighted by Gasteiger charge is -2.30. The largest absolute Gasteiger partial charge is 0.551 e. The Hall–Kier alpha value is -2.75. The summed E-state index contributed by atoms with van der Waals surface area (Å²) in [7, 11) is -3.15. The summed E-state index contributed by atoms with van der Waals surface area (Å²) in [6.45, 7) is 1.83. The predicted octanol–water partition coefficient (Wildman–Crippen LogP) is -0.504. The second-order valence-corrected chi connectivity index (χ2v) is 8.20. The van der Waals surface area contributed by atoms with Crippen LogP contribution in [0.1, 0.15) is 5.69 Å². The first kappa shape index (κ1) is 18.1. The van der Waals surface area contributed by atoms with E-state index in [2.05, 4.69) is 19.9 Å². The Morgan fingerprint density at radius 1 is 1.50 bits per heavy atom. The Kier molecular flexibility index (Phi) is 5.31. The maximum Gasteiger partial charge on any atom is 0.551 e. The van der Waals surface area contributed by atoms with E-state index in [9.17, 15) is 13.5 Å². The summed E-state index contributed by atoms with van der Waals surface area (Å²) in [5.41, 5.74) is 2.45. The van der Waals surface area contributed by atoms with Crippen LogP contribution < -0.4 is 14.6 Å². The van der Waals surface area contributed by atoms with Gasteiger partial charge in [-0.15, -0.1) is 4.99 Å². The zero-order valence-corrected chi connectivity index (χ0v) is 15.1. The molecular formula is C16H21N4O5S+. The van der Waals surface area contributed by atoms with Crippen LogP contribution in [0.2, 0.25) is 0 Å². The first-order valence-electron chi connectivity index (χ1n) is 8.03. The molecule has 1 aromatic heterocycles. The highest BCUT2D eigenvalue weighted by atomic mass is 32.2. The van der Waals surface area contributed by atoms with E-state index >= 15 is 0 Å². The highest BCUT2D eigenvalue weighted by molar-refractivity contribution is 7.90. The van der Waals surface area contributed by atoms with Gasteiger partial charge in [0, 0.05) is 24.6 Å². The third kappa shape index (κ3) is 4.88. The quantitative estimate of drug-likeness (QED) is 0.456. The fraction of sp³-hybridized carbons (Fsp3) is 0.375. The van der Waals surface area contributed by atoms with E-state index in [0.29, 0.717) is 18.8 Å². The van der Waals surface area contributed by atoms with Crippen molar-refractivity contribution in [1.82, 2.24) is 9.97 Å². The molecule has 140 valence electrons. The lowest BCUT2D eigenvalue weighted by molar-refractivity contribution is -0.381. The second-order valence-electron chi connectivity index (χ2n) is 5.94. The molecule has 1 aromatic carbocycles. The van der Waals surface area contributed by atoms with Crippen molar-refractivity contribution < 1.29 is 28.0 Å². The number of benzene rings is 1. The summed E-state index contributed by atoms with van der Waals surface area (Å²) < 4.78 is 32.8. The van der Waals surface area contributed by atoms with Crippen molar-refractivity contribution >= 4 is 27.3 Å². The number of aromatic amines is 1. The molecular weight excluding hydrogens is 360 g/mol. The highest BCUT2D eigenvalue weighted by Gasteiger charge is 2.21. The average molecular weight is 381 g/mol. The molecule has 0 fully saturated rings. The molecule has 26 heavy (non-hydrogen) atoms. The molecule has 0 unspecified atom stereocenters. The van der Waals surface area contributed by atoms with Crippen LogP contribution in [0.4, 0.5) is 11.4 Å². The smallest absolute Gasteiger partial charge is 0.490 e. The molecule has 0 amide bonds. The summed E-state index contributed by atoms with van der Waals surface area (Å²) in [5.74, 6) is 0.577. The van der Waals surface area contributed by atoms with E-state index < -0.39 is 15.9 Å². The molecule has 0 spiro atoms. The number of aliphatic hydroxyl groups excluding tert-OH is 1. The van der Waals surface area contributed by atoms with Gasteiger partial charge in [-0.2, -0.15) is 0 Å². The lowest BCUT2D eigenvalue weighted by Crippen LogP contribution is -2.67. The van der Waals surface area contributed by atoms with E-state index in [4.69, 9.17) is 9.47 Å². The van der Waals surface area contributed by atoms with Crippen molar-refractivity contribution in [2.75, 3.05) is 36.7 Å². The van der Waals surface area contributed by atoms with Gasteiger partial charge >= 0.3 is 6.08 Å². The van der Waals surface area contributed by atoms with Gasteiger partial charge in [0.15, 0.2) is 9.84 Å². The number of aromatic nitrogens is 2. The monoisotopic (exact) mass is 381 g/mol. The molecule has 3 rings (SSSR count). The Morgan fingerprint density at radius 3 is 3.08 bits per heavy atom. The minimum absolute atomic E-state index is 0.127. The summed E-state index contributed by atoms with van der Waals surface area (Å²) in [4.78, 5) is 11.9. The molecule has 3 N–H and O–H groups in total. The molecule has 0 radical (unpaired) electrons. The van der Waals surface area contributed by atoms with E-state index in [1.165, 1.54) is 0 Å². The fourth-order valence-corrected chi connectivity index (χ4v) is 2.93. The van der Waals surface area contributed by atoms with Crippen molar-refractivity contribution in [3.63, 3.8) is 0 Å². The van der Waals surface area contributed by atoms with E-state index in [1.807, 2.05) is 6.07 Å². The third-order valence-corrected chi connectivity index (χ3v) is 4.69. The standard InChI is InChI=1S/C16H20N4O5S/c1-26(22,23)7-6-25-16(21)19-12-2-3-15-14(8-12)20(4-5-24-15)10-13-9-17-11-18-13/h2-3,8-9,11H,4-7,10H2,1H3,(H,17,18)(H,19,21)/p+1. The van der Waals surface area contributed by atoms with Gasteiger partial charge in [-0.3, -0.25) is 0 Å². The molecule has 0 saturated carbocycles. The van der Waals surface area contributed by atoms with Gasteiger partial charge in [0.2, 0.25) is 5.69 Å². The lowest BCUT2D eigenvalue weighted by atomic mass is 10.2. The van der Waals surface area contributed by atoms with Crippen LogP contribution in [0.25, 0.3) is 0 Å². The number of anilines is 1. The summed E-state index contributed by atoms with van der Waals surface area (Å²) >= 11 is 0. The molecule has 2 aromatic rings. The van der Waals surface area contributed by atoms with Crippen LogP contribution in [0, 0.1) is 0 Å². The third-order valence-electron chi connectivity index (χ3n) is 3.78. The van der Waals surface area contributed by atoms with E-state index in [-0.39, 0.29) is 12.4 Å². The van der Waals surface area contributed by atoms with Crippen molar-refractivity contribution in [2.24, 2.45) is 0 Å². The van der Waals surface area contributed by atoms with Crippen molar-refractivity contribution in [1.29, 1.82) is 0 Å². The molecule has 0 saturated heterocycles. The summed E-state index contributed by atoms with van der Waals surface area (Å²) in [5, 5.41) is 9.81. The fourth-order valence-electron chi connectivity index (χ4n) is 2.54. The average Bonchev–Trinajstić information content (AvgIpc) is 3.07. The molecule has 2 heterocycles. The molecule has 0 bridgehead atoms. The first-order chi connectivity index (χ1) is 12.4. The van der Waals surface area contributed by atoms with Gasteiger partial charge in [0.25, 0.3) is 0 Å². The van der Waals surface area contributed by atoms with Crippen LogP contribution in [0.15, 0.2) is 30.7 Å². The van der Waals surface area contributed by atoms with Crippen LogP contribution in [0.5, 0.6) is 5.75 Å². The van der Waals surface area contributed by atoms with Crippen molar-refractivity contribution in [2.45, 2.75) is 6.54 Å². The summed E-state index contributed by atoms with van der Waals surface area (Å²) in [6.07, 6.45) is 4.06. The van der Waals surface area contributed by atoms with E-state index in [0.717, 1.165) is 29.9 Å². The van der Waals surface area contributed by atoms with Crippen molar-refractivity contribution in [3.05, 3.63) is 36.4 Å². The summed E-state index contributed by atoms with van der Waals surface area (Å²) in [6, 6.07) is 5.39. The number of ether oxygens (including phenoxy) is 2. The topological polar surface area (TPSA) is 119 Å². The van der Waals surface area contributed by atoms with Crippen LogP contribution in [-0.4, -0.2) is 61.3 Å². The number of fused-ring (bicyclic) bond motifs is 1. The number of nitrogens with one attached hydrogen (secondary N) is 2. The van der Waals surface area contributed by atoms with E-state index in [1.54, 1.807) is 24.7 Å². The highest BCUT2D eigenvalue weighted by Crippen LogP contribution is 2.33. The first-order valence-corrected chi connectivity index (χ1v) is 10.1. The maximum atomic E-state index is 11.1. The number of sulfone groups is 1. The second kappa shape index (κ2) is 7.65. The van der Waals surface area contributed by atoms with Gasteiger partial charge in [0.1, 0.15) is 19.0 Å². The number of nitrogens with zero attached hydrogens (tertiary/aromatic N) is 2. The maximum absolute atomic E-state index is 11.1. The number of hydrogen-bond acceptors (Lipinski definition) is 6. The zero-order valence-electron chi connectivity index (χ0n) is 14.3. The Balaban J connectivity index is 1.73. The molecule has 0 atom stereocenters. The number of H-pyrrole nitrogens is 1. The number of imidazole rings is 1. The predicted molar refractivity (Wildman–Crippen MR) is 95.5 cm³/mol. The Bertz CT molecular complexity index is 880. The SMILES string of the molecule is CS(=O)(=O)CCOC(O)=[NH+]c1ccc2c(c1)N(Cc1cnc[nH]1)CCO2. The Labute approximate surface area is 151 Å². The van der Waals surface area contributed by atoms with Gasteiger partial charge in [-0.25, -0.2) is 13.4 Å². The minimum atomic E-state index is -3.15. The van der Waals surface area contributed by atoms with Gasteiger partial charge in [0.05, 0.1) is 36.6 Å². The Morgan fingerprint density at radius 2 is 2.35 bits per heavy atom. The van der Waals surface area contributed by atoms with Gasteiger partial charge in [-0.1, -0.05) is 0 Å². The molecule has 10 heteroatoms. The molecule has 1 aliphatic rings. The van der Waals surface area contributed by atoms with Crippen LogP contribution in [-0.2, 0) is 21.1 Å². The van der Waals surface area contributed by atoms with Crippen molar-refractivity contribution in [3.8, 4) is 5.75 Å². The normalized spacial score (nSPS) is 14.7. The molecule has 9 nitrogen and oxygen atoms in total. The molecule has 0 aliphatic carbocycles. The number of hydrogen-bond donors (Lipinski definition) is 3.